The van der Waals surface area contributed by atoms with E-state index in [1.807, 2.05) is 34.7 Å². The van der Waals surface area contributed by atoms with Crippen LogP contribution in [0.15, 0.2) is 30.5 Å². The molecule has 1 saturated heterocycles. The molecule has 24 heavy (non-hydrogen) atoms. The van der Waals surface area contributed by atoms with E-state index in [1.165, 1.54) is 5.56 Å². The van der Waals surface area contributed by atoms with E-state index in [-0.39, 0.29) is 11.9 Å². The molecule has 5 heteroatoms. The van der Waals surface area contributed by atoms with Gasteiger partial charge in [0.05, 0.1) is 12.2 Å². The number of nitrogens with zero attached hydrogens (tertiary/aromatic N) is 4. The summed E-state index contributed by atoms with van der Waals surface area (Å²) in [6, 6.07) is 8.27. The maximum atomic E-state index is 12.8. The number of carbonyl (C=O) groups excluding carboxylic acids is 1. The zero-order valence-electron chi connectivity index (χ0n) is 15.0. The third-order valence-corrected chi connectivity index (χ3v) is 4.73. The molecule has 1 fully saturated rings. The van der Waals surface area contributed by atoms with Crippen molar-refractivity contribution in [3.05, 3.63) is 47.3 Å². The Morgan fingerprint density at radius 3 is 2.62 bits per heavy atom. The molecule has 0 bridgehead atoms. The average molecular weight is 326 g/mol. The van der Waals surface area contributed by atoms with Crippen molar-refractivity contribution in [3.63, 3.8) is 0 Å². The largest absolute Gasteiger partial charge is 0.307 e. The molecule has 3 rings (SSSR count). The van der Waals surface area contributed by atoms with Crippen LogP contribution in [-0.2, 0) is 17.9 Å². The summed E-state index contributed by atoms with van der Waals surface area (Å²) in [5.41, 5.74) is 4.44. The number of aromatic nitrogens is 2. The Balaban J connectivity index is 1.74. The van der Waals surface area contributed by atoms with Crippen molar-refractivity contribution >= 4 is 11.6 Å². The first kappa shape index (κ1) is 16.7. The molecule has 2 heterocycles. The molecule has 1 amide bonds. The monoisotopic (exact) mass is 326 g/mol. The molecule has 1 aliphatic heterocycles. The minimum atomic E-state index is 0.161. The Morgan fingerprint density at radius 2 is 2.00 bits per heavy atom. The van der Waals surface area contributed by atoms with Crippen molar-refractivity contribution in [3.8, 4) is 0 Å². The molecule has 1 unspecified atom stereocenters. The topological polar surface area (TPSA) is 41.4 Å². The first-order chi connectivity index (χ1) is 11.5. The Hall–Kier alpha value is -2.14. The number of hydrogen-bond donors (Lipinski definition) is 0. The Kier molecular flexibility index (Phi) is 4.71. The summed E-state index contributed by atoms with van der Waals surface area (Å²) in [5.74, 6) is 0.170. The predicted molar refractivity (Wildman–Crippen MR) is 96.0 cm³/mol. The lowest BCUT2D eigenvalue weighted by Crippen LogP contribution is -2.55. The maximum Gasteiger partial charge on any atom is 0.241 e. The molecule has 1 aromatic carbocycles. The second-order valence-electron chi connectivity index (χ2n) is 6.66. The lowest BCUT2D eigenvalue weighted by atomic mass is 10.1. The Bertz CT molecular complexity index is 737. The maximum absolute atomic E-state index is 12.8. The van der Waals surface area contributed by atoms with Crippen molar-refractivity contribution in [1.82, 2.24) is 14.7 Å². The van der Waals surface area contributed by atoms with Gasteiger partial charge in [0.25, 0.3) is 0 Å². The average Bonchev–Trinajstić information content (AvgIpc) is 2.89. The van der Waals surface area contributed by atoms with Crippen LogP contribution in [0, 0.1) is 13.8 Å². The van der Waals surface area contributed by atoms with Crippen molar-refractivity contribution in [1.29, 1.82) is 0 Å². The molecular formula is C19H26N4O. The fourth-order valence-corrected chi connectivity index (χ4v) is 3.48. The van der Waals surface area contributed by atoms with Gasteiger partial charge in [0.2, 0.25) is 5.91 Å². The highest BCUT2D eigenvalue weighted by molar-refractivity contribution is 5.96. The van der Waals surface area contributed by atoms with Gasteiger partial charge in [0, 0.05) is 43.1 Å². The van der Waals surface area contributed by atoms with Gasteiger partial charge < -0.3 is 4.90 Å². The van der Waals surface area contributed by atoms with E-state index >= 15 is 0 Å². The molecule has 0 saturated carbocycles. The summed E-state index contributed by atoms with van der Waals surface area (Å²) < 4.78 is 1.96. The van der Waals surface area contributed by atoms with E-state index < -0.39 is 0 Å². The zero-order valence-corrected chi connectivity index (χ0v) is 15.0. The highest BCUT2D eigenvalue weighted by Crippen LogP contribution is 2.25. The molecule has 0 radical (unpaired) electrons. The van der Waals surface area contributed by atoms with Crippen LogP contribution in [0.4, 0.5) is 5.69 Å². The smallest absolute Gasteiger partial charge is 0.241 e. The number of carbonyl (C=O) groups is 1. The minimum Gasteiger partial charge on any atom is -0.307 e. The van der Waals surface area contributed by atoms with Crippen LogP contribution in [0.5, 0.6) is 0 Å². The predicted octanol–water partition coefficient (Wildman–Crippen LogP) is 2.76. The van der Waals surface area contributed by atoms with Gasteiger partial charge in [-0.2, -0.15) is 5.10 Å². The van der Waals surface area contributed by atoms with E-state index in [4.69, 9.17) is 0 Å². The second kappa shape index (κ2) is 6.77. The number of piperazine rings is 1. The molecule has 0 N–H and O–H groups in total. The summed E-state index contributed by atoms with van der Waals surface area (Å²) in [6.07, 6.45) is 2.10. The van der Waals surface area contributed by atoms with Crippen molar-refractivity contribution < 1.29 is 4.79 Å². The van der Waals surface area contributed by atoms with Crippen LogP contribution in [0.1, 0.15) is 30.7 Å². The number of anilines is 1. The molecule has 1 atom stereocenters. The van der Waals surface area contributed by atoms with Crippen LogP contribution in [-0.4, -0.2) is 39.7 Å². The van der Waals surface area contributed by atoms with Crippen LogP contribution in [0.2, 0.25) is 0 Å². The molecule has 0 aliphatic carbocycles. The SMILES string of the molecule is CCn1cc(CN2CC(=O)N(c3ccccc3C)C(C)C2)c(C)n1. The van der Waals surface area contributed by atoms with E-state index in [1.54, 1.807) is 0 Å². The lowest BCUT2D eigenvalue weighted by molar-refractivity contribution is -0.122. The second-order valence-corrected chi connectivity index (χ2v) is 6.66. The summed E-state index contributed by atoms with van der Waals surface area (Å²) in [4.78, 5) is 16.9. The summed E-state index contributed by atoms with van der Waals surface area (Å²) >= 11 is 0. The molecule has 2 aromatic rings. The zero-order chi connectivity index (χ0) is 17.3. The molecule has 1 aromatic heterocycles. The van der Waals surface area contributed by atoms with Gasteiger partial charge in [-0.25, -0.2) is 0 Å². The van der Waals surface area contributed by atoms with Gasteiger partial charge in [0.15, 0.2) is 0 Å². The number of amides is 1. The van der Waals surface area contributed by atoms with Crippen LogP contribution >= 0.6 is 0 Å². The lowest BCUT2D eigenvalue weighted by Gasteiger charge is -2.40. The van der Waals surface area contributed by atoms with E-state index in [0.717, 1.165) is 36.6 Å². The van der Waals surface area contributed by atoms with Crippen LogP contribution in [0.25, 0.3) is 0 Å². The summed E-state index contributed by atoms with van der Waals surface area (Å²) in [6.45, 7) is 11.3. The highest BCUT2D eigenvalue weighted by Gasteiger charge is 2.31. The number of aryl methyl sites for hydroxylation is 3. The number of hydrogen-bond acceptors (Lipinski definition) is 3. The number of para-hydroxylation sites is 1. The molecular weight excluding hydrogens is 300 g/mol. The van der Waals surface area contributed by atoms with Gasteiger partial charge >= 0.3 is 0 Å². The van der Waals surface area contributed by atoms with E-state index in [9.17, 15) is 4.79 Å². The third kappa shape index (κ3) is 3.22. The first-order valence-corrected chi connectivity index (χ1v) is 8.62. The standard InChI is InChI=1S/C19H26N4O/c1-5-22-12-17(16(4)20-22)11-21-10-15(3)23(19(24)13-21)18-9-7-6-8-14(18)2/h6-9,12,15H,5,10-11,13H2,1-4H3. The van der Waals surface area contributed by atoms with E-state index in [2.05, 4.69) is 43.0 Å². The summed E-state index contributed by atoms with van der Waals surface area (Å²) in [7, 11) is 0. The third-order valence-electron chi connectivity index (χ3n) is 4.73. The molecule has 128 valence electrons. The number of rotatable bonds is 4. The van der Waals surface area contributed by atoms with Crippen LogP contribution in [0.3, 0.4) is 0 Å². The Labute approximate surface area is 143 Å². The van der Waals surface area contributed by atoms with Crippen LogP contribution < -0.4 is 4.90 Å². The summed E-state index contributed by atoms with van der Waals surface area (Å²) in [5, 5.41) is 4.50. The van der Waals surface area contributed by atoms with Crippen molar-refractivity contribution in [2.24, 2.45) is 0 Å². The fraction of sp³-hybridized carbons (Fsp3) is 0.474. The first-order valence-electron chi connectivity index (χ1n) is 8.62. The van der Waals surface area contributed by atoms with Gasteiger partial charge in [-0.05, 0) is 39.3 Å². The Morgan fingerprint density at radius 1 is 1.25 bits per heavy atom. The minimum absolute atomic E-state index is 0.161. The van der Waals surface area contributed by atoms with E-state index in [0.29, 0.717) is 6.54 Å². The highest BCUT2D eigenvalue weighted by atomic mass is 16.2. The molecule has 5 nitrogen and oxygen atoms in total. The van der Waals surface area contributed by atoms with Gasteiger partial charge in [0.1, 0.15) is 0 Å². The van der Waals surface area contributed by atoms with Crippen molar-refractivity contribution in [2.75, 3.05) is 18.0 Å². The van der Waals surface area contributed by atoms with Gasteiger partial charge in [-0.15, -0.1) is 0 Å². The molecule has 1 aliphatic rings. The molecule has 0 spiro atoms. The quantitative estimate of drug-likeness (QED) is 0.867. The van der Waals surface area contributed by atoms with Gasteiger partial charge in [-0.1, -0.05) is 18.2 Å². The number of benzene rings is 1. The fourth-order valence-electron chi connectivity index (χ4n) is 3.48. The van der Waals surface area contributed by atoms with Crippen molar-refractivity contribution in [2.45, 2.75) is 46.8 Å². The van der Waals surface area contributed by atoms with Gasteiger partial charge in [-0.3, -0.25) is 14.4 Å². The normalized spacial score (nSPS) is 19.1.